The van der Waals surface area contributed by atoms with Crippen molar-refractivity contribution in [3.05, 3.63) is 97.2 Å². The fourth-order valence-electron chi connectivity index (χ4n) is 4.94. The molecule has 56 heavy (non-hydrogen) atoms. The van der Waals surface area contributed by atoms with Gasteiger partial charge in [0.2, 0.25) is 0 Å². The monoisotopic (exact) mass is 804 g/mol. The molecular weight excluding hydrogens is 729 g/mol. The van der Waals surface area contributed by atoms with Crippen molar-refractivity contribution in [3.63, 3.8) is 0 Å². The predicted octanol–water partition coefficient (Wildman–Crippen LogP) is 10.8. The van der Waals surface area contributed by atoms with E-state index in [0.717, 1.165) is 38.5 Å². The number of carbonyl (C=O) groups excluding carboxylic acids is 2. The Bertz CT molecular complexity index is 1250. The number of unbranched alkanes of at least 4 members (excludes halogenated alkanes) is 8. The van der Waals surface area contributed by atoms with E-state index in [9.17, 15) is 24.2 Å². The summed E-state index contributed by atoms with van der Waals surface area (Å²) >= 11 is 0. The van der Waals surface area contributed by atoms with E-state index in [1.54, 1.807) is 6.08 Å². The predicted molar refractivity (Wildman–Crippen MR) is 230 cm³/mol. The van der Waals surface area contributed by atoms with Crippen molar-refractivity contribution in [3.8, 4) is 0 Å². The molecule has 10 nitrogen and oxygen atoms in total. The number of phosphoric acid groups is 1. The number of nitrogens with two attached hydrogens (primary N) is 1. The Kier molecular flexibility index (Phi) is 37.9. The van der Waals surface area contributed by atoms with Gasteiger partial charge in [-0.2, -0.15) is 0 Å². The van der Waals surface area contributed by atoms with E-state index in [-0.39, 0.29) is 32.6 Å². The first kappa shape index (κ1) is 52.9. The van der Waals surface area contributed by atoms with Gasteiger partial charge in [-0.05, 0) is 77.0 Å². The van der Waals surface area contributed by atoms with E-state index in [1.807, 2.05) is 48.6 Å². The molecule has 0 aromatic carbocycles. The molecule has 4 N–H and O–H groups in total. The largest absolute Gasteiger partial charge is 0.472 e. The van der Waals surface area contributed by atoms with Gasteiger partial charge in [-0.25, -0.2) is 4.57 Å². The number of hydrogen-bond donors (Lipinski definition) is 3. The first-order chi connectivity index (χ1) is 27.2. The third-order valence-corrected chi connectivity index (χ3v) is 9.02. The lowest BCUT2D eigenvalue weighted by atomic mass is 10.1. The highest BCUT2D eigenvalue weighted by molar-refractivity contribution is 7.47. The second-order valence-corrected chi connectivity index (χ2v) is 14.8. The lowest BCUT2D eigenvalue weighted by molar-refractivity contribution is -0.161. The average Bonchev–Trinajstić information content (AvgIpc) is 3.18. The maximum absolute atomic E-state index is 12.5. The standard InChI is InChI=1S/C45H74NO9P/c1-3-5-7-9-11-12-13-14-15-16-17-18-19-20-24-28-32-36-44(48)52-40-43(41-54-56(50,51)53-39-38-46)55-45(49)37-33-29-25-22-21-23-27-31-35-42(47)34-30-26-10-8-6-4-2/h6,8,14-15,17-18,20,22-27,30-31,35,42-43,47H,3-5,7,9-13,16,19,21,28-29,32-34,36-41,46H2,1-2H3,(H,50,51)/b8-6-,15-14-,18-17-,24-20-,25-22-,27-23-,30-26-,35-31+/t42?,43-/m1/s1. The number of rotatable bonds is 37. The maximum Gasteiger partial charge on any atom is 0.472 e. The molecule has 0 saturated carbocycles. The van der Waals surface area contributed by atoms with E-state index in [2.05, 4.69) is 56.4 Å². The number of aliphatic hydroxyl groups is 1. The van der Waals surface area contributed by atoms with Crippen LogP contribution < -0.4 is 5.73 Å². The number of esters is 2. The zero-order valence-corrected chi connectivity index (χ0v) is 35.3. The van der Waals surface area contributed by atoms with Crippen LogP contribution in [-0.2, 0) is 32.7 Å². The third-order valence-electron chi connectivity index (χ3n) is 8.03. The zero-order valence-electron chi connectivity index (χ0n) is 34.4. The lowest BCUT2D eigenvalue weighted by Gasteiger charge is -2.19. The highest BCUT2D eigenvalue weighted by Crippen LogP contribution is 2.43. The minimum Gasteiger partial charge on any atom is -0.462 e. The number of allylic oxidation sites excluding steroid dienone is 14. The summed E-state index contributed by atoms with van der Waals surface area (Å²) < 4.78 is 32.6. The molecule has 0 aromatic heterocycles. The Morgan fingerprint density at radius 3 is 1.84 bits per heavy atom. The van der Waals surface area contributed by atoms with Gasteiger partial charge < -0.3 is 25.2 Å². The second-order valence-electron chi connectivity index (χ2n) is 13.3. The van der Waals surface area contributed by atoms with Crippen LogP contribution in [0.1, 0.15) is 136 Å². The van der Waals surface area contributed by atoms with E-state index in [4.69, 9.17) is 24.3 Å². The first-order valence-electron chi connectivity index (χ1n) is 20.8. The topological polar surface area (TPSA) is 155 Å². The van der Waals surface area contributed by atoms with Crippen molar-refractivity contribution in [1.82, 2.24) is 0 Å². The van der Waals surface area contributed by atoms with Gasteiger partial charge in [-0.3, -0.25) is 18.6 Å². The van der Waals surface area contributed by atoms with Gasteiger partial charge in [0.15, 0.2) is 6.10 Å². The van der Waals surface area contributed by atoms with Gasteiger partial charge in [0.25, 0.3) is 0 Å². The van der Waals surface area contributed by atoms with E-state index >= 15 is 0 Å². The first-order valence-corrected chi connectivity index (χ1v) is 22.3. The average molecular weight is 804 g/mol. The zero-order chi connectivity index (χ0) is 41.2. The van der Waals surface area contributed by atoms with Crippen molar-refractivity contribution in [2.75, 3.05) is 26.4 Å². The van der Waals surface area contributed by atoms with Gasteiger partial charge in [0, 0.05) is 19.4 Å². The van der Waals surface area contributed by atoms with E-state index < -0.39 is 38.6 Å². The molecule has 0 aliphatic rings. The number of phosphoric ester groups is 1. The lowest BCUT2D eigenvalue weighted by Crippen LogP contribution is -2.29. The molecule has 3 atom stereocenters. The minimum absolute atomic E-state index is 0.0224. The summed E-state index contributed by atoms with van der Waals surface area (Å²) in [5, 5.41) is 10.0. The Morgan fingerprint density at radius 2 is 1.20 bits per heavy atom. The molecule has 0 heterocycles. The van der Waals surface area contributed by atoms with Crippen molar-refractivity contribution in [2.24, 2.45) is 5.73 Å². The fourth-order valence-corrected chi connectivity index (χ4v) is 5.71. The van der Waals surface area contributed by atoms with E-state index in [1.165, 1.54) is 38.5 Å². The smallest absolute Gasteiger partial charge is 0.462 e. The van der Waals surface area contributed by atoms with Gasteiger partial charge in [-0.15, -0.1) is 0 Å². The molecular formula is C45H74NO9P. The van der Waals surface area contributed by atoms with Crippen molar-refractivity contribution in [2.45, 2.75) is 148 Å². The maximum atomic E-state index is 12.5. The van der Waals surface area contributed by atoms with Crippen molar-refractivity contribution < 1.29 is 42.7 Å². The molecule has 0 radical (unpaired) electrons. The van der Waals surface area contributed by atoms with Gasteiger partial charge in [-0.1, -0.05) is 143 Å². The van der Waals surface area contributed by atoms with Gasteiger partial charge in [0.1, 0.15) is 6.61 Å². The number of carbonyl (C=O) groups is 2. The molecule has 0 aromatic rings. The normalized spacial score (nSPS) is 14.9. The third kappa shape index (κ3) is 39.1. The fraction of sp³-hybridized carbons (Fsp3) is 0.600. The quantitative estimate of drug-likeness (QED) is 0.0182. The molecule has 0 spiro atoms. The second kappa shape index (κ2) is 40.1. The van der Waals surface area contributed by atoms with Crippen LogP contribution in [0.4, 0.5) is 0 Å². The van der Waals surface area contributed by atoms with Crippen LogP contribution in [0.5, 0.6) is 0 Å². The summed E-state index contributed by atoms with van der Waals surface area (Å²) in [7, 11) is -4.42. The highest BCUT2D eigenvalue weighted by atomic mass is 31.2. The van der Waals surface area contributed by atoms with Crippen molar-refractivity contribution >= 4 is 19.8 Å². The Hall–Kier alpha value is -3.11. The molecule has 2 unspecified atom stereocenters. The van der Waals surface area contributed by atoms with E-state index in [0.29, 0.717) is 32.1 Å². The molecule has 0 aliphatic carbocycles. The summed E-state index contributed by atoms with van der Waals surface area (Å²) in [6.45, 7) is 3.36. The van der Waals surface area contributed by atoms with Crippen molar-refractivity contribution in [1.29, 1.82) is 0 Å². The van der Waals surface area contributed by atoms with Crippen LogP contribution in [0.25, 0.3) is 0 Å². The molecule has 0 rings (SSSR count). The van der Waals surface area contributed by atoms with Gasteiger partial charge in [0.05, 0.1) is 19.3 Å². The van der Waals surface area contributed by atoms with Crippen LogP contribution in [0.2, 0.25) is 0 Å². The van der Waals surface area contributed by atoms with Crippen LogP contribution in [0.15, 0.2) is 97.2 Å². The number of ether oxygens (including phenoxy) is 2. The number of hydrogen-bond acceptors (Lipinski definition) is 9. The summed E-state index contributed by atoms with van der Waals surface area (Å²) in [4.78, 5) is 34.8. The highest BCUT2D eigenvalue weighted by Gasteiger charge is 2.25. The molecule has 0 aliphatic heterocycles. The van der Waals surface area contributed by atoms with Crippen LogP contribution in [0, 0.1) is 0 Å². The summed E-state index contributed by atoms with van der Waals surface area (Å²) in [5.41, 5.74) is 5.33. The van der Waals surface area contributed by atoms with Crippen LogP contribution in [0.3, 0.4) is 0 Å². The Balaban J connectivity index is 4.45. The molecule has 0 saturated heterocycles. The Morgan fingerprint density at radius 1 is 0.643 bits per heavy atom. The summed E-state index contributed by atoms with van der Waals surface area (Å²) in [5.74, 6) is -1.01. The molecule has 0 bridgehead atoms. The SMILES string of the molecule is CC/C=C\C/C=C\CC(O)/C=C/C=C\C/C=C\CCCC(=O)O[C@H](COC(=O)CCC/C=C\C/C=C\C/C=C\CCCCCCCC)COP(=O)(O)OCCN. The molecule has 11 heteroatoms. The molecule has 318 valence electrons. The number of aliphatic hydroxyl groups excluding tert-OH is 1. The Labute approximate surface area is 339 Å². The molecule has 0 fully saturated rings. The summed E-state index contributed by atoms with van der Waals surface area (Å²) in [6.07, 6.45) is 47.7. The summed E-state index contributed by atoms with van der Waals surface area (Å²) in [6, 6.07) is 0. The van der Waals surface area contributed by atoms with Crippen LogP contribution in [-0.4, -0.2) is 60.5 Å². The minimum atomic E-state index is -4.42. The van der Waals surface area contributed by atoms with Crippen LogP contribution >= 0.6 is 7.82 Å². The molecule has 0 amide bonds. The van der Waals surface area contributed by atoms with Gasteiger partial charge >= 0.3 is 19.8 Å².